The van der Waals surface area contributed by atoms with Gasteiger partial charge in [0.2, 0.25) is 16.7 Å². The van der Waals surface area contributed by atoms with Gasteiger partial charge in [0.15, 0.2) is 5.75 Å². The summed E-state index contributed by atoms with van der Waals surface area (Å²) in [5, 5.41) is 25.4. The molecule has 1 aliphatic rings. The van der Waals surface area contributed by atoms with Crippen LogP contribution in [0.2, 0.25) is 0 Å². The molecule has 32 heavy (non-hydrogen) atoms. The van der Waals surface area contributed by atoms with E-state index in [1.54, 1.807) is 4.31 Å². The Morgan fingerprint density at radius 3 is 2.59 bits per heavy atom. The molecule has 0 aliphatic carbocycles. The first-order chi connectivity index (χ1) is 15.2. The van der Waals surface area contributed by atoms with Crippen LogP contribution in [0.3, 0.4) is 0 Å². The highest BCUT2D eigenvalue weighted by Gasteiger charge is 2.31. The summed E-state index contributed by atoms with van der Waals surface area (Å²) in [7, 11) is 0. The SMILES string of the molecule is NC(=O)C[C@H](N)C(=O)NCCCNc1ccc2c(c1)CN([S+]([O-])c1ccc(O)cc1O)C2. The summed E-state index contributed by atoms with van der Waals surface area (Å²) in [5.74, 6) is -1.32. The lowest BCUT2D eigenvalue weighted by Gasteiger charge is -2.19. The van der Waals surface area contributed by atoms with Gasteiger partial charge in [0.05, 0.1) is 36.9 Å². The number of anilines is 1. The van der Waals surface area contributed by atoms with Gasteiger partial charge in [-0.3, -0.25) is 9.59 Å². The van der Waals surface area contributed by atoms with Gasteiger partial charge in [-0.05, 0) is 35.7 Å². The van der Waals surface area contributed by atoms with Crippen LogP contribution in [0.5, 0.6) is 11.5 Å². The van der Waals surface area contributed by atoms with E-state index in [4.69, 9.17) is 11.5 Å². The summed E-state index contributed by atoms with van der Waals surface area (Å²) < 4.78 is 14.6. The quantitative estimate of drug-likeness (QED) is 0.215. The molecule has 1 heterocycles. The van der Waals surface area contributed by atoms with Crippen LogP contribution >= 0.6 is 0 Å². The van der Waals surface area contributed by atoms with Crippen LogP contribution in [0.1, 0.15) is 24.0 Å². The van der Waals surface area contributed by atoms with Gasteiger partial charge in [-0.1, -0.05) is 6.07 Å². The summed E-state index contributed by atoms with van der Waals surface area (Å²) in [4.78, 5) is 22.8. The average molecular weight is 462 g/mol. The van der Waals surface area contributed by atoms with Gasteiger partial charge < -0.3 is 36.9 Å². The molecule has 0 aromatic heterocycles. The van der Waals surface area contributed by atoms with Crippen molar-refractivity contribution in [3.63, 3.8) is 0 Å². The molecule has 0 saturated heterocycles. The number of benzene rings is 2. The number of carbonyl (C=O) groups is 2. The number of nitrogens with one attached hydrogen (secondary N) is 2. The van der Waals surface area contributed by atoms with Crippen molar-refractivity contribution in [2.45, 2.75) is 36.9 Å². The number of phenolic OH excluding ortho intramolecular Hbond substituents is 2. The lowest BCUT2D eigenvalue weighted by molar-refractivity contribution is -0.126. The number of hydrogen-bond acceptors (Lipinski definition) is 8. The number of nitrogens with zero attached hydrogens (tertiary/aromatic N) is 1. The van der Waals surface area contributed by atoms with E-state index in [1.807, 2.05) is 18.2 Å². The number of hydrogen-bond donors (Lipinski definition) is 6. The molecule has 2 aromatic rings. The Bertz CT molecular complexity index is 989. The fourth-order valence-electron chi connectivity index (χ4n) is 3.36. The van der Waals surface area contributed by atoms with E-state index in [-0.39, 0.29) is 22.8 Å². The predicted molar refractivity (Wildman–Crippen MR) is 120 cm³/mol. The molecule has 0 bridgehead atoms. The van der Waals surface area contributed by atoms with Crippen molar-refractivity contribution in [3.05, 3.63) is 47.5 Å². The predicted octanol–water partition coefficient (Wildman–Crippen LogP) is 0.257. The Morgan fingerprint density at radius 1 is 1.12 bits per heavy atom. The molecule has 2 amide bonds. The minimum atomic E-state index is -1.56. The molecule has 8 N–H and O–H groups in total. The molecule has 2 aromatic carbocycles. The second-order valence-electron chi connectivity index (χ2n) is 7.53. The van der Waals surface area contributed by atoms with Crippen molar-refractivity contribution in [3.8, 4) is 11.5 Å². The number of primary amides is 1. The van der Waals surface area contributed by atoms with E-state index in [0.717, 1.165) is 16.8 Å². The normalized spacial score (nSPS) is 15.1. The smallest absolute Gasteiger partial charge is 0.237 e. The summed E-state index contributed by atoms with van der Waals surface area (Å²) in [6.45, 7) is 1.97. The van der Waals surface area contributed by atoms with E-state index in [2.05, 4.69) is 10.6 Å². The van der Waals surface area contributed by atoms with E-state index in [0.29, 0.717) is 32.6 Å². The first-order valence-corrected chi connectivity index (χ1v) is 11.2. The number of rotatable bonds is 10. The van der Waals surface area contributed by atoms with Crippen LogP contribution in [0.4, 0.5) is 5.69 Å². The number of carbonyl (C=O) groups excluding carboxylic acids is 2. The zero-order valence-electron chi connectivity index (χ0n) is 17.4. The van der Waals surface area contributed by atoms with Gasteiger partial charge in [-0.15, -0.1) is 4.31 Å². The van der Waals surface area contributed by atoms with Gasteiger partial charge in [0.1, 0.15) is 5.75 Å². The Balaban J connectivity index is 1.47. The number of fused-ring (bicyclic) bond motifs is 1. The van der Waals surface area contributed by atoms with Crippen LogP contribution < -0.4 is 22.1 Å². The number of phenols is 2. The summed E-state index contributed by atoms with van der Waals surface area (Å²) in [5.41, 5.74) is 13.6. The molecular weight excluding hydrogens is 434 g/mol. The van der Waals surface area contributed by atoms with Gasteiger partial charge in [0.25, 0.3) is 0 Å². The summed E-state index contributed by atoms with van der Waals surface area (Å²) in [6.07, 6.45) is 0.468. The maximum atomic E-state index is 12.8. The summed E-state index contributed by atoms with van der Waals surface area (Å²) >= 11 is -1.56. The lowest BCUT2D eigenvalue weighted by Crippen LogP contribution is -2.43. The monoisotopic (exact) mass is 461 g/mol. The number of nitrogens with two attached hydrogens (primary N) is 2. The maximum absolute atomic E-state index is 12.8. The largest absolute Gasteiger partial charge is 0.593 e. The molecule has 2 atom stereocenters. The van der Waals surface area contributed by atoms with Crippen LogP contribution in [-0.4, -0.2) is 50.0 Å². The minimum Gasteiger partial charge on any atom is -0.593 e. The average Bonchev–Trinajstić information content (AvgIpc) is 3.16. The fourth-order valence-corrected chi connectivity index (χ4v) is 4.57. The molecule has 0 fully saturated rings. The molecule has 0 radical (unpaired) electrons. The van der Waals surface area contributed by atoms with Crippen LogP contribution in [0.15, 0.2) is 41.3 Å². The summed E-state index contributed by atoms with van der Waals surface area (Å²) in [6, 6.07) is 8.98. The van der Waals surface area contributed by atoms with Crippen molar-refractivity contribution in [1.82, 2.24) is 9.62 Å². The topological polar surface area (TPSA) is 177 Å². The molecule has 1 unspecified atom stereocenters. The molecule has 0 spiro atoms. The van der Waals surface area contributed by atoms with Gasteiger partial charge in [-0.2, -0.15) is 0 Å². The van der Waals surface area contributed by atoms with Crippen LogP contribution in [0.25, 0.3) is 0 Å². The Hall–Kier alpha value is -2.99. The molecule has 0 saturated carbocycles. The van der Waals surface area contributed by atoms with Crippen molar-refractivity contribution >= 4 is 28.9 Å². The van der Waals surface area contributed by atoms with Crippen molar-refractivity contribution in [2.75, 3.05) is 18.4 Å². The number of aromatic hydroxyl groups is 2. The van der Waals surface area contributed by atoms with E-state index >= 15 is 0 Å². The van der Waals surface area contributed by atoms with E-state index in [9.17, 15) is 24.4 Å². The van der Waals surface area contributed by atoms with Crippen LogP contribution in [-0.2, 0) is 34.0 Å². The standard InChI is InChI=1S/C21H27N5O5S/c22-17(10-20(23)29)21(30)25-7-1-6-24-15-3-2-13-11-26(12-14(13)8-15)32(31)19-5-4-16(27)9-18(19)28/h2-5,8-9,17,24,27-28H,1,6-7,10-12,22H2,(H2,23,29)(H,25,30)/t17-,32?/m0/s1. The highest BCUT2D eigenvalue weighted by molar-refractivity contribution is 7.89. The maximum Gasteiger partial charge on any atom is 0.237 e. The third-order valence-corrected chi connectivity index (χ3v) is 6.45. The van der Waals surface area contributed by atoms with Crippen molar-refractivity contribution < 1.29 is 24.4 Å². The van der Waals surface area contributed by atoms with Crippen molar-refractivity contribution in [2.24, 2.45) is 11.5 Å². The van der Waals surface area contributed by atoms with Gasteiger partial charge in [0, 0.05) is 30.9 Å². The molecular formula is C21H27N5O5S. The highest BCUT2D eigenvalue weighted by atomic mass is 32.2. The second-order valence-corrected chi connectivity index (χ2v) is 8.99. The highest BCUT2D eigenvalue weighted by Crippen LogP contribution is 2.34. The Labute approximate surface area is 188 Å². The molecule has 172 valence electrons. The van der Waals surface area contributed by atoms with E-state index in [1.165, 1.54) is 18.2 Å². The lowest BCUT2D eigenvalue weighted by atomic mass is 10.1. The second kappa shape index (κ2) is 10.6. The fraction of sp³-hybridized carbons (Fsp3) is 0.333. The van der Waals surface area contributed by atoms with Gasteiger partial charge >= 0.3 is 0 Å². The Morgan fingerprint density at radius 2 is 1.88 bits per heavy atom. The van der Waals surface area contributed by atoms with Crippen LogP contribution in [0, 0.1) is 0 Å². The van der Waals surface area contributed by atoms with E-state index < -0.39 is 29.2 Å². The third-order valence-electron chi connectivity index (χ3n) is 5.00. The molecule has 11 heteroatoms. The zero-order chi connectivity index (χ0) is 23.3. The minimum absolute atomic E-state index is 0.0863. The number of amides is 2. The van der Waals surface area contributed by atoms with Crippen molar-refractivity contribution in [1.29, 1.82) is 0 Å². The third kappa shape index (κ3) is 6.04. The molecule has 1 aliphatic heterocycles. The first kappa shape index (κ1) is 23.7. The molecule has 3 rings (SSSR count). The zero-order valence-corrected chi connectivity index (χ0v) is 18.2. The first-order valence-electron chi connectivity index (χ1n) is 10.1. The Kier molecular flexibility index (Phi) is 7.80. The van der Waals surface area contributed by atoms with Gasteiger partial charge in [-0.25, -0.2) is 0 Å². The molecule has 10 nitrogen and oxygen atoms in total.